The van der Waals surface area contributed by atoms with E-state index in [4.69, 9.17) is 14.6 Å². The summed E-state index contributed by atoms with van der Waals surface area (Å²) in [7, 11) is 2.84. The van der Waals surface area contributed by atoms with Crippen molar-refractivity contribution >= 4 is 17.7 Å². The first-order valence-corrected chi connectivity index (χ1v) is 7.03. The lowest BCUT2D eigenvalue weighted by Crippen LogP contribution is -1.98. The Balaban J connectivity index is 2.67. The van der Waals surface area contributed by atoms with Crippen LogP contribution in [0.5, 0.6) is 11.5 Å². The van der Waals surface area contributed by atoms with Crippen LogP contribution in [-0.4, -0.2) is 41.7 Å². The van der Waals surface area contributed by atoms with Crippen molar-refractivity contribution in [2.45, 2.75) is 4.90 Å². The molecular formula is C13H13FN2O4S. The van der Waals surface area contributed by atoms with E-state index in [9.17, 15) is 9.18 Å². The van der Waals surface area contributed by atoms with Crippen LogP contribution in [0.25, 0.3) is 11.3 Å². The quantitative estimate of drug-likeness (QED) is 0.826. The van der Waals surface area contributed by atoms with E-state index in [1.165, 1.54) is 38.1 Å². The van der Waals surface area contributed by atoms with Gasteiger partial charge in [0.25, 0.3) is 0 Å². The fourth-order valence-corrected chi connectivity index (χ4v) is 2.54. The first-order valence-electron chi connectivity index (χ1n) is 5.81. The molecule has 1 aromatic heterocycles. The number of hydrogen-bond acceptors (Lipinski definition) is 5. The van der Waals surface area contributed by atoms with Gasteiger partial charge < -0.3 is 14.6 Å². The van der Waals surface area contributed by atoms with Crippen molar-refractivity contribution in [3.8, 4) is 22.8 Å². The van der Waals surface area contributed by atoms with Gasteiger partial charge in [0.1, 0.15) is 11.5 Å². The van der Waals surface area contributed by atoms with Gasteiger partial charge in [-0.15, -0.1) is 11.8 Å². The van der Waals surface area contributed by atoms with Crippen LogP contribution in [0.4, 0.5) is 4.39 Å². The normalized spacial score (nSPS) is 10.5. The second-order valence-corrected chi connectivity index (χ2v) is 4.79. The van der Waals surface area contributed by atoms with Gasteiger partial charge in [-0.3, -0.25) is 5.10 Å². The van der Waals surface area contributed by atoms with Crippen LogP contribution in [0.2, 0.25) is 0 Å². The Bertz CT molecular complexity index is 687. The van der Waals surface area contributed by atoms with E-state index in [-0.39, 0.29) is 17.1 Å². The second-order valence-electron chi connectivity index (χ2n) is 3.98. The first-order chi connectivity index (χ1) is 10.0. The van der Waals surface area contributed by atoms with Crippen LogP contribution in [0, 0.1) is 5.82 Å². The number of carbonyl (C=O) groups is 1. The number of hydrogen-bond donors (Lipinski definition) is 2. The number of halogens is 1. The molecule has 8 heteroatoms. The molecule has 2 N–H and O–H groups in total. The van der Waals surface area contributed by atoms with E-state index in [1.54, 1.807) is 6.26 Å². The Hall–Kier alpha value is -2.22. The van der Waals surface area contributed by atoms with E-state index in [0.717, 1.165) is 0 Å². The number of rotatable bonds is 5. The molecule has 112 valence electrons. The molecule has 2 rings (SSSR count). The number of nitrogens with zero attached hydrogens (tertiary/aromatic N) is 1. The molecule has 1 aromatic carbocycles. The van der Waals surface area contributed by atoms with E-state index in [0.29, 0.717) is 16.2 Å². The SMILES string of the molecule is COc1c(-c2cc(C(=O)O)[nH]n2)cc(F)c(SC)c1OC. The maximum absolute atomic E-state index is 14.2. The highest BCUT2D eigenvalue weighted by atomic mass is 32.2. The Labute approximate surface area is 124 Å². The lowest BCUT2D eigenvalue weighted by molar-refractivity contribution is 0.0690. The Kier molecular flexibility index (Phi) is 4.37. The number of aromatic amines is 1. The predicted octanol–water partition coefficient (Wildman–Crippen LogP) is 2.65. The minimum atomic E-state index is -1.15. The molecule has 2 aromatic rings. The van der Waals surface area contributed by atoms with Crippen molar-refractivity contribution in [2.75, 3.05) is 20.5 Å². The summed E-state index contributed by atoms with van der Waals surface area (Å²) in [6.07, 6.45) is 1.72. The van der Waals surface area contributed by atoms with Crippen molar-refractivity contribution in [3.05, 3.63) is 23.6 Å². The third kappa shape index (κ3) is 2.66. The number of carboxylic acid groups (broad SMARTS) is 1. The number of thioether (sulfide) groups is 1. The lowest BCUT2D eigenvalue weighted by atomic mass is 10.1. The van der Waals surface area contributed by atoms with Crippen molar-refractivity contribution < 1.29 is 23.8 Å². The number of methoxy groups -OCH3 is 2. The van der Waals surface area contributed by atoms with Crippen molar-refractivity contribution in [2.24, 2.45) is 0 Å². The van der Waals surface area contributed by atoms with Crippen molar-refractivity contribution in [1.82, 2.24) is 10.2 Å². The molecule has 0 fully saturated rings. The zero-order valence-corrected chi connectivity index (χ0v) is 12.4. The lowest BCUT2D eigenvalue weighted by Gasteiger charge is -2.15. The standard InChI is InChI=1S/C13H13FN2O4S/c1-19-10-6(8-5-9(13(17)18)16-15-8)4-7(14)12(21-3)11(10)20-2/h4-5H,1-3H3,(H,15,16)(H,17,18). The fourth-order valence-electron chi connectivity index (χ4n) is 1.93. The summed E-state index contributed by atoms with van der Waals surface area (Å²) in [6.45, 7) is 0. The summed E-state index contributed by atoms with van der Waals surface area (Å²) in [5.41, 5.74) is 0.475. The number of nitrogens with one attached hydrogen (secondary N) is 1. The van der Waals surface area contributed by atoms with Gasteiger partial charge in [-0.25, -0.2) is 9.18 Å². The van der Waals surface area contributed by atoms with Crippen molar-refractivity contribution in [1.29, 1.82) is 0 Å². The fraction of sp³-hybridized carbons (Fsp3) is 0.231. The summed E-state index contributed by atoms with van der Waals surface area (Å²) < 4.78 is 24.7. The monoisotopic (exact) mass is 312 g/mol. The smallest absolute Gasteiger partial charge is 0.353 e. The van der Waals surface area contributed by atoms with Crippen LogP contribution in [0.3, 0.4) is 0 Å². The number of carboxylic acids is 1. The van der Waals surface area contributed by atoms with Gasteiger partial charge in [0, 0.05) is 0 Å². The van der Waals surface area contributed by atoms with Gasteiger partial charge in [-0.2, -0.15) is 5.10 Å². The van der Waals surface area contributed by atoms with Gasteiger partial charge >= 0.3 is 5.97 Å². The minimum Gasteiger partial charge on any atom is -0.492 e. The zero-order chi connectivity index (χ0) is 15.6. The van der Waals surface area contributed by atoms with E-state index < -0.39 is 11.8 Å². The van der Waals surface area contributed by atoms with Crippen molar-refractivity contribution in [3.63, 3.8) is 0 Å². The van der Waals surface area contributed by atoms with Crippen LogP contribution in [0.1, 0.15) is 10.5 Å². The second kappa shape index (κ2) is 6.04. The average Bonchev–Trinajstić information content (AvgIpc) is 2.95. The first kappa shape index (κ1) is 15.2. The Morgan fingerprint density at radius 3 is 2.48 bits per heavy atom. The van der Waals surface area contributed by atoms with Gasteiger partial charge in [-0.05, 0) is 18.4 Å². The summed E-state index contributed by atoms with van der Waals surface area (Å²) in [5, 5.41) is 15.1. The maximum atomic E-state index is 14.2. The largest absolute Gasteiger partial charge is 0.492 e. The molecule has 0 radical (unpaired) electrons. The molecule has 0 saturated heterocycles. The van der Waals surface area contributed by atoms with E-state index in [1.807, 2.05) is 0 Å². The Morgan fingerprint density at radius 1 is 1.33 bits per heavy atom. The molecule has 1 heterocycles. The number of ether oxygens (including phenoxy) is 2. The highest BCUT2D eigenvalue weighted by Gasteiger charge is 2.22. The molecule has 0 saturated carbocycles. The average molecular weight is 312 g/mol. The summed E-state index contributed by atoms with van der Waals surface area (Å²) in [6, 6.07) is 2.55. The third-order valence-electron chi connectivity index (χ3n) is 2.84. The zero-order valence-electron chi connectivity index (χ0n) is 11.6. The molecule has 0 aliphatic carbocycles. The minimum absolute atomic E-state index is 0.0969. The molecule has 21 heavy (non-hydrogen) atoms. The number of aromatic carboxylic acids is 1. The summed E-state index contributed by atoms with van der Waals surface area (Å²) >= 11 is 1.19. The number of H-pyrrole nitrogens is 1. The molecular weight excluding hydrogens is 299 g/mol. The number of aromatic nitrogens is 2. The summed E-state index contributed by atoms with van der Waals surface area (Å²) in [4.78, 5) is 11.2. The van der Waals surface area contributed by atoms with Crippen LogP contribution in [0.15, 0.2) is 17.0 Å². The summed E-state index contributed by atoms with van der Waals surface area (Å²) in [5.74, 6) is -1.09. The maximum Gasteiger partial charge on any atom is 0.353 e. The molecule has 0 bridgehead atoms. The Morgan fingerprint density at radius 2 is 2.00 bits per heavy atom. The van der Waals surface area contributed by atoms with E-state index in [2.05, 4.69) is 10.2 Å². The van der Waals surface area contributed by atoms with E-state index >= 15 is 0 Å². The molecule has 6 nitrogen and oxygen atoms in total. The molecule has 0 spiro atoms. The highest BCUT2D eigenvalue weighted by Crippen LogP contribution is 2.44. The molecule has 0 atom stereocenters. The van der Waals surface area contributed by atoms with Gasteiger partial charge in [0.15, 0.2) is 11.5 Å². The topological polar surface area (TPSA) is 84.4 Å². The molecule has 0 aliphatic rings. The van der Waals surface area contributed by atoms with Crippen LogP contribution in [-0.2, 0) is 0 Å². The number of benzene rings is 1. The molecule has 0 unspecified atom stereocenters. The van der Waals surface area contributed by atoms with Gasteiger partial charge in [-0.1, -0.05) is 0 Å². The highest BCUT2D eigenvalue weighted by molar-refractivity contribution is 7.98. The van der Waals surface area contributed by atoms with Gasteiger partial charge in [0.2, 0.25) is 0 Å². The molecule has 0 aliphatic heterocycles. The predicted molar refractivity (Wildman–Crippen MR) is 75.8 cm³/mol. The van der Waals surface area contributed by atoms with Crippen LogP contribution >= 0.6 is 11.8 Å². The van der Waals surface area contributed by atoms with Gasteiger partial charge in [0.05, 0.1) is 30.4 Å². The van der Waals surface area contributed by atoms with Crippen LogP contribution < -0.4 is 9.47 Å². The molecule has 0 amide bonds. The third-order valence-corrected chi connectivity index (χ3v) is 3.63.